The molecule has 0 fully saturated rings. The van der Waals surface area contributed by atoms with Crippen molar-refractivity contribution in [2.45, 2.75) is 25.2 Å². The van der Waals surface area contributed by atoms with Crippen LogP contribution in [0.2, 0.25) is 0 Å². The number of nitrogens with zero attached hydrogens (tertiary/aromatic N) is 1. The van der Waals surface area contributed by atoms with Gasteiger partial charge in [0.05, 0.1) is 16.4 Å². The Morgan fingerprint density at radius 2 is 1.92 bits per heavy atom. The molecule has 0 spiro atoms. The molecule has 0 unspecified atom stereocenters. The van der Waals surface area contributed by atoms with Crippen molar-refractivity contribution in [3.8, 4) is 0 Å². The van der Waals surface area contributed by atoms with Gasteiger partial charge < -0.3 is 5.32 Å². The van der Waals surface area contributed by atoms with Crippen molar-refractivity contribution in [2.75, 3.05) is 11.9 Å². The van der Waals surface area contributed by atoms with Gasteiger partial charge in [0.25, 0.3) is 5.69 Å². The SMILES string of the molecule is CCc1cccc(NC(=O)CNS(=O)(=O)c2ccc(C)c([N+](=O)[O-])c2)c1. The fourth-order valence-corrected chi connectivity index (χ4v) is 3.27. The Labute approximate surface area is 151 Å². The number of nitro groups is 1. The maximum atomic E-state index is 12.3. The van der Waals surface area contributed by atoms with E-state index in [0.29, 0.717) is 11.3 Å². The molecule has 0 heterocycles. The van der Waals surface area contributed by atoms with Crippen molar-refractivity contribution in [1.82, 2.24) is 4.72 Å². The van der Waals surface area contributed by atoms with Gasteiger partial charge in [-0.15, -0.1) is 0 Å². The van der Waals surface area contributed by atoms with Gasteiger partial charge in [0, 0.05) is 17.3 Å². The highest BCUT2D eigenvalue weighted by atomic mass is 32.2. The van der Waals surface area contributed by atoms with Crippen LogP contribution in [-0.4, -0.2) is 25.8 Å². The number of nitro benzene ring substituents is 1. The van der Waals surface area contributed by atoms with Gasteiger partial charge in [-0.25, -0.2) is 13.1 Å². The molecule has 0 aliphatic heterocycles. The molecule has 2 N–H and O–H groups in total. The molecule has 0 saturated carbocycles. The molecule has 2 aromatic carbocycles. The Morgan fingerprint density at radius 1 is 1.19 bits per heavy atom. The minimum atomic E-state index is -4.05. The van der Waals surface area contributed by atoms with E-state index in [2.05, 4.69) is 10.0 Å². The van der Waals surface area contributed by atoms with Crippen LogP contribution in [0.1, 0.15) is 18.1 Å². The summed E-state index contributed by atoms with van der Waals surface area (Å²) in [7, 11) is -4.05. The maximum absolute atomic E-state index is 12.3. The van der Waals surface area contributed by atoms with Gasteiger partial charge >= 0.3 is 0 Å². The van der Waals surface area contributed by atoms with Crippen molar-refractivity contribution in [3.63, 3.8) is 0 Å². The predicted octanol–water partition coefficient (Wildman–Crippen LogP) is 2.38. The van der Waals surface area contributed by atoms with Gasteiger partial charge in [0.15, 0.2) is 0 Å². The van der Waals surface area contributed by atoms with Crippen molar-refractivity contribution < 1.29 is 18.1 Å². The molecule has 2 rings (SSSR count). The first-order valence-electron chi connectivity index (χ1n) is 7.86. The van der Waals surface area contributed by atoms with Crippen molar-refractivity contribution in [1.29, 1.82) is 0 Å². The van der Waals surface area contributed by atoms with Gasteiger partial charge in [0.2, 0.25) is 15.9 Å². The molecule has 26 heavy (non-hydrogen) atoms. The van der Waals surface area contributed by atoms with Crippen molar-refractivity contribution in [3.05, 3.63) is 63.7 Å². The van der Waals surface area contributed by atoms with E-state index < -0.39 is 27.4 Å². The highest BCUT2D eigenvalue weighted by molar-refractivity contribution is 7.89. The first kappa shape index (κ1) is 19.5. The number of carbonyl (C=O) groups is 1. The van der Waals surface area contributed by atoms with Gasteiger partial charge in [-0.05, 0) is 37.1 Å². The van der Waals surface area contributed by atoms with Gasteiger partial charge in [0.1, 0.15) is 0 Å². The highest BCUT2D eigenvalue weighted by Crippen LogP contribution is 2.22. The number of anilines is 1. The number of rotatable bonds is 7. The standard InChI is InChI=1S/C17H19N3O5S/c1-3-13-5-4-6-14(9-13)19-17(21)11-18-26(24,25)15-8-7-12(2)16(10-15)20(22)23/h4-10,18H,3,11H2,1-2H3,(H,19,21). The summed E-state index contributed by atoms with van der Waals surface area (Å²) >= 11 is 0. The highest BCUT2D eigenvalue weighted by Gasteiger charge is 2.20. The third-order valence-corrected chi connectivity index (χ3v) is 5.13. The maximum Gasteiger partial charge on any atom is 0.273 e. The Bertz CT molecular complexity index is 941. The summed E-state index contributed by atoms with van der Waals surface area (Å²) in [5.41, 5.74) is 1.66. The van der Waals surface area contributed by atoms with Crippen LogP contribution < -0.4 is 10.0 Å². The zero-order chi connectivity index (χ0) is 19.3. The molecule has 0 aliphatic carbocycles. The summed E-state index contributed by atoms with van der Waals surface area (Å²) in [6.07, 6.45) is 0.808. The minimum absolute atomic E-state index is 0.268. The summed E-state index contributed by atoms with van der Waals surface area (Å²) < 4.78 is 26.7. The summed E-state index contributed by atoms with van der Waals surface area (Å²) in [5, 5.41) is 13.6. The molecule has 8 nitrogen and oxygen atoms in total. The topological polar surface area (TPSA) is 118 Å². The number of aryl methyl sites for hydroxylation is 2. The van der Waals surface area contributed by atoms with Crippen LogP contribution in [0, 0.1) is 17.0 Å². The lowest BCUT2D eigenvalue weighted by Crippen LogP contribution is -2.33. The van der Waals surface area contributed by atoms with E-state index in [9.17, 15) is 23.3 Å². The lowest BCUT2D eigenvalue weighted by Gasteiger charge is -2.09. The molecule has 138 valence electrons. The second-order valence-corrected chi connectivity index (χ2v) is 7.40. The van der Waals surface area contributed by atoms with Gasteiger partial charge in [-0.1, -0.05) is 25.1 Å². The van der Waals surface area contributed by atoms with E-state index in [4.69, 9.17) is 0 Å². The molecule has 0 atom stereocenters. The van der Waals surface area contributed by atoms with Crippen LogP contribution in [0.3, 0.4) is 0 Å². The van der Waals surface area contributed by atoms with Crippen LogP contribution in [0.5, 0.6) is 0 Å². The minimum Gasteiger partial charge on any atom is -0.325 e. The molecule has 0 saturated heterocycles. The number of hydrogen-bond donors (Lipinski definition) is 2. The smallest absolute Gasteiger partial charge is 0.273 e. The van der Waals surface area contributed by atoms with Crippen molar-refractivity contribution >= 4 is 27.3 Å². The molecular weight excluding hydrogens is 358 g/mol. The monoisotopic (exact) mass is 377 g/mol. The average molecular weight is 377 g/mol. The lowest BCUT2D eigenvalue weighted by atomic mass is 10.1. The Kier molecular flexibility index (Phi) is 6.06. The van der Waals surface area contributed by atoms with Gasteiger partial charge in [-0.2, -0.15) is 0 Å². The average Bonchev–Trinajstić information content (AvgIpc) is 2.60. The third-order valence-electron chi connectivity index (χ3n) is 3.73. The van der Waals surface area contributed by atoms with Crippen LogP contribution in [0.25, 0.3) is 0 Å². The predicted molar refractivity (Wildman–Crippen MR) is 97.5 cm³/mol. The first-order valence-corrected chi connectivity index (χ1v) is 9.34. The molecule has 0 aromatic heterocycles. The zero-order valence-corrected chi connectivity index (χ0v) is 15.2. The van der Waals surface area contributed by atoms with Crippen LogP contribution in [0.15, 0.2) is 47.4 Å². The normalized spacial score (nSPS) is 11.2. The van der Waals surface area contributed by atoms with Gasteiger partial charge in [-0.3, -0.25) is 14.9 Å². The van der Waals surface area contributed by atoms with E-state index in [1.54, 1.807) is 18.2 Å². The quantitative estimate of drug-likeness (QED) is 0.567. The second-order valence-electron chi connectivity index (χ2n) is 5.63. The van der Waals surface area contributed by atoms with E-state index in [-0.39, 0.29) is 10.6 Å². The summed E-state index contributed by atoms with van der Waals surface area (Å²) in [6, 6.07) is 10.8. The fraction of sp³-hybridized carbons (Fsp3) is 0.235. The van der Waals surface area contributed by atoms with E-state index in [1.807, 2.05) is 13.0 Å². The van der Waals surface area contributed by atoms with Crippen LogP contribution in [-0.2, 0) is 21.2 Å². The van der Waals surface area contributed by atoms with Crippen LogP contribution in [0.4, 0.5) is 11.4 Å². The molecular formula is C17H19N3O5S. The molecule has 2 aromatic rings. The summed E-state index contributed by atoms with van der Waals surface area (Å²) in [6.45, 7) is 3.01. The summed E-state index contributed by atoms with van der Waals surface area (Å²) in [5.74, 6) is -0.538. The number of carbonyl (C=O) groups excluding carboxylic acids is 1. The van der Waals surface area contributed by atoms with Crippen molar-refractivity contribution in [2.24, 2.45) is 0 Å². The zero-order valence-electron chi connectivity index (χ0n) is 14.4. The summed E-state index contributed by atoms with van der Waals surface area (Å²) in [4.78, 5) is 22.0. The van der Waals surface area contributed by atoms with Crippen LogP contribution >= 0.6 is 0 Å². The van der Waals surface area contributed by atoms with E-state index in [1.165, 1.54) is 19.1 Å². The Morgan fingerprint density at radius 3 is 2.58 bits per heavy atom. The number of hydrogen-bond acceptors (Lipinski definition) is 5. The second kappa shape index (κ2) is 8.07. The molecule has 0 aliphatic rings. The Hall–Kier alpha value is -2.78. The molecule has 0 bridgehead atoms. The number of sulfonamides is 1. The first-order chi connectivity index (χ1) is 12.2. The largest absolute Gasteiger partial charge is 0.325 e. The Balaban J connectivity index is 2.06. The number of amides is 1. The molecule has 9 heteroatoms. The molecule has 0 radical (unpaired) electrons. The number of nitrogens with one attached hydrogen (secondary N) is 2. The molecule has 1 amide bonds. The number of benzene rings is 2. The van der Waals surface area contributed by atoms with E-state index >= 15 is 0 Å². The van der Waals surface area contributed by atoms with E-state index in [0.717, 1.165) is 18.1 Å². The third kappa shape index (κ3) is 4.87. The fourth-order valence-electron chi connectivity index (χ4n) is 2.27. The lowest BCUT2D eigenvalue weighted by molar-refractivity contribution is -0.385.